The van der Waals surface area contributed by atoms with Gasteiger partial charge in [0.15, 0.2) is 0 Å². The van der Waals surface area contributed by atoms with E-state index in [1.807, 2.05) is 4.90 Å². The van der Waals surface area contributed by atoms with Gasteiger partial charge in [0.2, 0.25) is 5.91 Å². The van der Waals surface area contributed by atoms with Gasteiger partial charge < -0.3 is 15.0 Å². The number of aromatic nitrogens is 3. The summed E-state index contributed by atoms with van der Waals surface area (Å²) in [6.07, 6.45) is 4.31. The van der Waals surface area contributed by atoms with Crippen LogP contribution < -0.4 is 10.1 Å². The zero-order chi connectivity index (χ0) is 24.1. The number of nitrogens with zero attached hydrogens (tertiary/aromatic N) is 4. The SMILES string of the molecule is O=C(Nc1ccc(-c2ccccc2OC(F)(F)F)c(Cl)c1)[C@H]1CCCCN1C=Cn1nccn1. The van der Waals surface area contributed by atoms with E-state index in [0.717, 1.165) is 12.8 Å². The average molecular weight is 492 g/mol. The fourth-order valence-electron chi connectivity index (χ4n) is 3.80. The Morgan fingerprint density at radius 1 is 1.09 bits per heavy atom. The fourth-order valence-corrected chi connectivity index (χ4v) is 4.08. The van der Waals surface area contributed by atoms with Crippen molar-refractivity contribution in [1.29, 1.82) is 0 Å². The number of likely N-dealkylation sites (tertiary alicyclic amines) is 1. The molecule has 1 aliphatic rings. The summed E-state index contributed by atoms with van der Waals surface area (Å²) >= 11 is 6.39. The molecule has 2 aromatic carbocycles. The quantitative estimate of drug-likeness (QED) is 0.498. The Kier molecular flexibility index (Phi) is 7.06. The number of ether oxygens (including phenoxy) is 1. The van der Waals surface area contributed by atoms with Crippen LogP contribution in [0.5, 0.6) is 5.75 Å². The van der Waals surface area contributed by atoms with Crippen LogP contribution in [-0.2, 0) is 4.79 Å². The Hall–Kier alpha value is -3.53. The second-order valence-electron chi connectivity index (χ2n) is 7.62. The maximum Gasteiger partial charge on any atom is 0.573 e. The van der Waals surface area contributed by atoms with Gasteiger partial charge in [0.05, 0.1) is 23.6 Å². The van der Waals surface area contributed by atoms with E-state index < -0.39 is 6.36 Å². The predicted molar refractivity (Wildman–Crippen MR) is 122 cm³/mol. The number of anilines is 1. The molecule has 7 nitrogen and oxygen atoms in total. The van der Waals surface area contributed by atoms with Gasteiger partial charge in [-0.25, -0.2) is 0 Å². The maximum atomic E-state index is 13.0. The molecule has 0 aliphatic carbocycles. The second-order valence-corrected chi connectivity index (χ2v) is 8.03. The summed E-state index contributed by atoms with van der Waals surface area (Å²) in [5, 5.41) is 11.1. The van der Waals surface area contributed by atoms with Crippen LogP contribution in [0.4, 0.5) is 18.9 Å². The number of rotatable bonds is 6. The molecule has 2 heterocycles. The van der Waals surface area contributed by atoms with E-state index >= 15 is 0 Å². The Labute approximate surface area is 198 Å². The largest absolute Gasteiger partial charge is 0.573 e. The summed E-state index contributed by atoms with van der Waals surface area (Å²) in [5.41, 5.74) is 0.989. The van der Waals surface area contributed by atoms with Gasteiger partial charge >= 0.3 is 6.36 Å². The van der Waals surface area contributed by atoms with Gasteiger partial charge in [0, 0.05) is 29.6 Å². The normalized spacial score (nSPS) is 16.6. The van der Waals surface area contributed by atoms with E-state index in [9.17, 15) is 18.0 Å². The molecule has 178 valence electrons. The van der Waals surface area contributed by atoms with Crippen LogP contribution in [0.25, 0.3) is 17.3 Å². The van der Waals surface area contributed by atoms with Crippen molar-refractivity contribution in [2.45, 2.75) is 31.7 Å². The summed E-state index contributed by atoms with van der Waals surface area (Å²) in [6.45, 7) is 0.714. The molecule has 1 N–H and O–H groups in total. The summed E-state index contributed by atoms with van der Waals surface area (Å²) in [6, 6.07) is 10.0. The molecule has 34 heavy (non-hydrogen) atoms. The number of alkyl halides is 3. The Balaban J connectivity index is 1.50. The van der Waals surface area contributed by atoms with Gasteiger partial charge in [0.1, 0.15) is 11.8 Å². The summed E-state index contributed by atoms with van der Waals surface area (Å²) in [7, 11) is 0. The number of benzene rings is 2. The van der Waals surface area contributed by atoms with Gasteiger partial charge in [0.25, 0.3) is 0 Å². The predicted octanol–water partition coefficient (Wildman–Crippen LogP) is 5.42. The highest BCUT2D eigenvalue weighted by molar-refractivity contribution is 6.33. The zero-order valence-corrected chi connectivity index (χ0v) is 18.6. The molecular weight excluding hydrogens is 471 g/mol. The van der Waals surface area contributed by atoms with E-state index in [1.54, 1.807) is 43.0 Å². The molecule has 3 aromatic rings. The van der Waals surface area contributed by atoms with Crippen LogP contribution >= 0.6 is 11.6 Å². The highest BCUT2D eigenvalue weighted by atomic mass is 35.5. The topological polar surface area (TPSA) is 72.3 Å². The maximum absolute atomic E-state index is 13.0. The van der Waals surface area contributed by atoms with Gasteiger partial charge in [-0.1, -0.05) is 35.9 Å². The molecule has 0 radical (unpaired) electrons. The molecule has 0 spiro atoms. The minimum Gasteiger partial charge on any atom is -0.405 e. The number of carbonyl (C=O) groups is 1. The van der Waals surface area contributed by atoms with E-state index in [-0.39, 0.29) is 28.3 Å². The van der Waals surface area contributed by atoms with Crippen molar-refractivity contribution in [2.75, 3.05) is 11.9 Å². The number of piperidine rings is 1. The lowest BCUT2D eigenvalue weighted by atomic mass is 10.0. The molecule has 1 saturated heterocycles. The molecule has 0 bridgehead atoms. The standard InChI is InChI=1S/C23H21ClF3N5O2/c24-19-15-16(8-9-17(19)18-5-1-2-7-21(18)34-23(25,26)27)30-22(33)20-6-3-4-12-31(20)13-14-32-28-10-11-29-32/h1-2,5,7-11,13-15,20H,3-4,6,12H2,(H,30,33)/t20-/m1/s1. The molecule has 0 unspecified atom stereocenters. The molecule has 1 atom stereocenters. The highest BCUT2D eigenvalue weighted by Gasteiger charge is 2.32. The van der Waals surface area contributed by atoms with Crippen molar-refractivity contribution in [3.05, 3.63) is 66.1 Å². The minimum atomic E-state index is -4.83. The van der Waals surface area contributed by atoms with Crippen molar-refractivity contribution in [2.24, 2.45) is 0 Å². The first-order valence-electron chi connectivity index (χ1n) is 10.6. The number of hydrogen-bond acceptors (Lipinski definition) is 5. The van der Waals surface area contributed by atoms with Crippen molar-refractivity contribution < 1.29 is 22.7 Å². The fraction of sp³-hybridized carbons (Fsp3) is 0.261. The van der Waals surface area contributed by atoms with Crippen molar-refractivity contribution in [1.82, 2.24) is 19.9 Å². The average Bonchev–Trinajstić information content (AvgIpc) is 3.31. The first kappa shape index (κ1) is 23.6. The van der Waals surface area contributed by atoms with Crippen LogP contribution in [0, 0.1) is 0 Å². The molecule has 1 aromatic heterocycles. The second kappa shape index (κ2) is 10.2. The van der Waals surface area contributed by atoms with Crippen LogP contribution in [0.3, 0.4) is 0 Å². The van der Waals surface area contributed by atoms with Crippen LogP contribution in [0.2, 0.25) is 5.02 Å². The first-order chi connectivity index (χ1) is 16.3. The third-order valence-corrected chi connectivity index (χ3v) is 5.63. The number of amides is 1. The third kappa shape index (κ3) is 5.88. The highest BCUT2D eigenvalue weighted by Crippen LogP contribution is 2.38. The zero-order valence-electron chi connectivity index (χ0n) is 17.9. The monoisotopic (exact) mass is 491 g/mol. The van der Waals surface area contributed by atoms with E-state index in [2.05, 4.69) is 20.3 Å². The number of halogens is 4. The van der Waals surface area contributed by atoms with E-state index in [0.29, 0.717) is 24.2 Å². The number of nitrogens with one attached hydrogen (secondary N) is 1. The molecule has 1 fully saturated rings. The summed E-state index contributed by atoms with van der Waals surface area (Å²) in [5.74, 6) is -0.563. The lowest BCUT2D eigenvalue weighted by Crippen LogP contribution is -2.44. The molecular formula is C23H21ClF3N5O2. The molecule has 1 amide bonds. The van der Waals surface area contributed by atoms with Crippen molar-refractivity contribution in [3.8, 4) is 16.9 Å². The molecule has 0 saturated carbocycles. The van der Waals surface area contributed by atoms with E-state index in [4.69, 9.17) is 11.6 Å². The molecule has 1 aliphatic heterocycles. The minimum absolute atomic E-state index is 0.182. The third-order valence-electron chi connectivity index (χ3n) is 5.31. The van der Waals surface area contributed by atoms with E-state index in [1.165, 1.54) is 29.1 Å². The van der Waals surface area contributed by atoms with Gasteiger partial charge in [-0.05, 0) is 37.5 Å². The summed E-state index contributed by atoms with van der Waals surface area (Å²) < 4.78 is 42.4. The molecule has 4 rings (SSSR count). The van der Waals surface area contributed by atoms with Crippen molar-refractivity contribution in [3.63, 3.8) is 0 Å². The lowest BCUT2D eigenvalue weighted by molar-refractivity contribution is -0.274. The number of hydrogen-bond donors (Lipinski definition) is 1. The van der Waals surface area contributed by atoms with Crippen molar-refractivity contribution >= 4 is 29.4 Å². The number of carbonyl (C=O) groups excluding carboxylic acids is 1. The Morgan fingerprint density at radius 3 is 2.59 bits per heavy atom. The smallest absolute Gasteiger partial charge is 0.405 e. The molecule has 11 heteroatoms. The Morgan fingerprint density at radius 2 is 1.85 bits per heavy atom. The van der Waals surface area contributed by atoms with Crippen LogP contribution in [-0.4, -0.2) is 44.7 Å². The number of para-hydroxylation sites is 1. The van der Waals surface area contributed by atoms with Crippen LogP contribution in [0.1, 0.15) is 19.3 Å². The van der Waals surface area contributed by atoms with Crippen LogP contribution in [0.15, 0.2) is 61.1 Å². The van der Waals surface area contributed by atoms with Gasteiger partial charge in [-0.3, -0.25) is 4.79 Å². The summed E-state index contributed by atoms with van der Waals surface area (Å²) in [4.78, 5) is 16.3. The first-order valence-corrected chi connectivity index (χ1v) is 10.9. The van der Waals surface area contributed by atoms with Gasteiger partial charge in [-0.15, -0.1) is 13.2 Å². The Bertz CT molecular complexity index is 1170. The lowest BCUT2D eigenvalue weighted by Gasteiger charge is -2.33. The van der Waals surface area contributed by atoms with Gasteiger partial charge in [-0.2, -0.15) is 15.0 Å².